The van der Waals surface area contributed by atoms with Crippen molar-refractivity contribution in [1.29, 1.82) is 0 Å². The number of carbonyl (C=O) groups excluding carboxylic acids is 1. The van der Waals surface area contributed by atoms with Crippen LogP contribution in [0.3, 0.4) is 0 Å². The molecule has 0 fully saturated rings. The number of aromatic carboxylic acids is 1. The van der Waals surface area contributed by atoms with Crippen molar-refractivity contribution in [3.63, 3.8) is 0 Å². The van der Waals surface area contributed by atoms with Crippen molar-refractivity contribution < 1.29 is 14.7 Å². The first-order valence-corrected chi connectivity index (χ1v) is 8.14. The number of nitrogens with one attached hydrogen (secondary N) is 1. The molecule has 25 heavy (non-hydrogen) atoms. The van der Waals surface area contributed by atoms with Crippen LogP contribution in [0.25, 0.3) is 10.8 Å². The van der Waals surface area contributed by atoms with Crippen LogP contribution >= 0.6 is 0 Å². The monoisotopic (exact) mass is 333 g/mol. The molecule has 0 saturated heterocycles. The third-order valence-corrected chi connectivity index (χ3v) is 4.13. The maximum absolute atomic E-state index is 12.2. The van der Waals surface area contributed by atoms with E-state index >= 15 is 0 Å². The van der Waals surface area contributed by atoms with E-state index in [0.29, 0.717) is 18.5 Å². The van der Waals surface area contributed by atoms with E-state index in [-0.39, 0.29) is 11.5 Å². The van der Waals surface area contributed by atoms with Gasteiger partial charge in [0.25, 0.3) is 0 Å². The average Bonchev–Trinajstić information content (AvgIpc) is 2.60. The van der Waals surface area contributed by atoms with Gasteiger partial charge < -0.3 is 10.4 Å². The molecule has 4 nitrogen and oxygen atoms in total. The predicted octanol–water partition coefficient (Wildman–Crippen LogP) is 4.42. The largest absolute Gasteiger partial charge is 0.478 e. The molecule has 2 N–H and O–H groups in total. The molecular weight excluding hydrogens is 314 g/mol. The molecule has 0 unspecified atom stereocenters. The van der Waals surface area contributed by atoms with Gasteiger partial charge in [0.2, 0.25) is 5.91 Å². The molecule has 126 valence electrons. The van der Waals surface area contributed by atoms with Gasteiger partial charge in [-0.25, -0.2) is 4.79 Å². The summed E-state index contributed by atoms with van der Waals surface area (Å²) in [6.07, 6.45) is 0.899. The van der Waals surface area contributed by atoms with E-state index < -0.39 is 5.97 Å². The summed E-state index contributed by atoms with van der Waals surface area (Å²) < 4.78 is 0. The molecule has 3 rings (SSSR count). The van der Waals surface area contributed by atoms with E-state index in [1.165, 1.54) is 17.0 Å². The van der Waals surface area contributed by atoms with Crippen LogP contribution in [0.4, 0.5) is 5.69 Å². The third kappa shape index (κ3) is 4.04. The first-order valence-electron chi connectivity index (χ1n) is 8.14. The highest BCUT2D eigenvalue weighted by Crippen LogP contribution is 2.19. The molecule has 0 heterocycles. The number of carboxylic acid groups (broad SMARTS) is 1. The van der Waals surface area contributed by atoms with Crippen LogP contribution in [0.1, 0.15) is 27.9 Å². The van der Waals surface area contributed by atoms with Gasteiger partial charge in [0, 0.05) is 6.42 Å². The molecule has 0 bridgehead atoms. The SMILES string of the molecule is Cc1ccc2ccc(CCC(=O)Nc3ccccc3C(=O)O)cc2c1. The number of aryl methyl sites for hydroxylation is 2. The number of benzene rings is 3. The van der Waals surface area contributed by atoms with Crippen LogP contribution in [0.15, 0.2) is 60.7 Å². The van der Waals surface area contributed by atoms with E-state index in [4.69, 9.17) is 5.11 Å². The Morgan fingerprint density at radius 3 is 2.52 bits per heavy atom. The van der Waals surface area contributed by atoms with Crippen molar-refractivity contribution >= 4 is 28.3 Å². The summed E-state index contributed by atoms with van der Waals surface area (Å²) in [6, 6.07) is 18.9. The summed E-state index contributed by atoms with van der Waals surface area (Å²) >= 11 is 0. The smallest absolute Gasteiger partial charge is 0.337 e. The summed E-state index contributed by atoms with van der Waals surface area (Å²) in [4.78, 5) is 23.4. The van der Waals surface area contributed by atoms with Gasteiger partial charge in [-0.1, -0.05) is 54.1 Å². The number of para-hydroxylation sites is 1. The number of carbonyl (C=O) groups is 2. The molecule has 1 amide bonds. The van der Waals surface area contributed by atoms with Crippen molar-refractivity contribution in [2.45, 2.75) is 19.8 Å². The quantitative estimate of drug-likeness (QED) is 0.726. The normalized spacial score (nSPS) is 10.6. The fourth-order valence-electron chi connectivity index (χ4n) is 2.82. The number of amides is 1. The molecular formula is C21H19NO3. The minimum absolute atomic E-state index is 0.0945. The molecule has 0 aliphatic carbocycles. The minimum atomic E-state index is -1.05. The molecule has 3 aromatic carbocycles. The minimum Gasteiger partial charge on any atom is -0.478 e. The van der Waals surface area contributed by atoms with Gasteiger partial charge >= 0.3 is 5.97 Å². The highest BCUT2D eigenvalue weighted by Gasteiger charge is 2.11. The number of anilines is 1. The molecule has 0 spiro atoms. The van der Waals surface area contributed by atoms with Crippen molar-refractivity contribution in [3.8, 4) is 0 Å². The summed E-state index contributed by atoms with van der Waals surface area (Å²) in [6.45, 7) is 2.06. The number of carboxylic acids is 1. The second-order valence-corrected chi connectivity index (χ2v) is 6.08. The lowest BCUT2D eigenvalue weighted by atomic mass is 10.0. The van der Waals surface area contributed by atoms with Gasteiger partial charge in [-0.2, -0.15) is 0 Å². The fraction of sp³-hybridized carbons (Fsp3) is 0.143. The number of hydrogen-bond acceptors (Lipinski definition) is 2. The summed E-state index contributed by atoms with van der Waals surface area (Å²) in [5.74, 6) is -1.25. The molecule has 3 aromatic rings. The van der Waals surface area contributed by atoms with Gasteiger partial charge in [-0.15, -0.1) is 0 Å². The molecule has 0 radical (unpaired) electrons. The number of hydrogen-bond donors (Lipinski definition) is 2. The summed E-state index contributed by atoms with van der Waals surface area (Å²) in [5.41, 5.74) is 2.71. The summed E-state index contributed by atoms with van der Waals surface area (Å²) in [7, 11) is 0. The first-order chi connectivity index (χ1) is 12.0. The highest BCUT2D eigenvalue weighted by atomic mass is 16.4. The number of fused-ring (bicyclic) bond motifs is 1. The third-order valence-electron chi connectivity index (χ3n) is 4.13. The Bertz CT molecular complexity index is 947. The second-order valence-electron chi connectivity index (χ2n) is 6.08. The average molecular weight is 333 g/mol. The van der Waals surface area contributed by atoms with Crippen LogP contribution in [0.5, 0.6) is 0 Å². The van der Waals surface area contributed by atoms with Crippen LogP contribution in [-0.4, -0.2) is 17.0 Å². The van der Waals surface area contributed by atoms with Gasteiger partial charge in [-0.05, 0) is 41.8 Å². The van der Waals surface area contributed by atoms with E-state index in [1.54, 1.807) is 18.2 Å². The molecule has 0 aromatic heterocycles. The zero-order valence-electron chi connectivity index (χ0n) is 14.0. The van der Waals surface area contributed by atoms with E-state index in [9.17, 15) is 9.59 Å². The number of rotatable bonds is 5. The zero-order chi connectivity index (χ0) is 17.8. The first kappa shape index (κ1) is 16.7. The fourth-order valence-corrected chi connectivity index (χ4v) is 2.82. The predicted molar refractivity (Wildman–Crippen MR) is 99.0 cm³/mol. The van der Waals surface area contributed by atoms with Gasteiger partial charge in [0.15, 0.2) is 0 Å². The highest BCUT2D eigenvalue weighted by molar-refractivity contribution is 6.00. The lowest BCUT2D eigenvalue weighted by Crippen LogP contribution is -2.15. The van der Waals surface area contributed by atoms with Crippen LogP contribution in [0, 0.1) is 6.92 Å². The molecule has 0 aliphatic rings. The van der Waals surface area contributed by atoms with Crippen LogP contribution in [0.2, 0.25) is 0 Å². The van der Waals surface area contributed by atoms with Crippen LogP contribution in [-0.2, 0) is 11.2 Å². The standard InChI is InChI=1S/C21H19NO3/c1-14-6-9-16-10-7-15(13-17(16)12-14)8-11-20(23)22-19-5-3-2-4-18(19)21(24)25/h2-7,9-10,12-13H,8,11H2,1H3,(H,22,23)(H,24,25). The van der Waals surface area contributed by atoms with Gasteiger partial charge in [0.05, 0.1) is 11.3 Å². The van der Waals surface area contributed by atoms with Crippen LogP contribution < -0.4 is 5.32 Å². The van der Waals surface area contributed by atoms with E-state index in [1.807, 2.05) is 6.07 Å². The Kier molecular flexibility index (Phi) is 4.80. The Balaban J connectivity index is 1.67. The van der Waals surface area contributed by atoms with Gasteiger partial charge in [0.1, 0.15) is 0 Å². The van der Waals surface area contributed by atoms with E-state index in [2.05, 4.69) is 42.6 Å². The maximum Gasteiger partial charge on any atom is 0.337 e. The Labute approximate surface area is 146 Å². The topological polar surface area (TPSA) is 66.4 Å². The lowest BCUT2D eigenvalue weighted by molar-refractivity contribution is -0.116. The van der Waals surface area contributed by atoms with E-state index in [0.717, 1.165) is 10.9 Å². The second kappa shape index (κ2) is 7.18. The summed E-state index contributed by atoms with van der Waals surface area (Å²) in [5, 5.41) is 14.2. The van der Waals surface area contributed by atoms with Crippen molar-refractivity contribution in [2.75, 3.05) is 5.32 Å². The van der Waals surface area contributed by atoms with Crippen molar-refractivity contribution in [1.82, 2.24) is 0 Å². The van der Waals surface area contributed by atoms with Gasteiger partial charge in [-0.3, -0.25) is 4.79 Å². The Hall–Kier alpha value is -3.14. The zero-order valence-corrected chi connectivity index (χ0v) is 14.0. The molecule has 0 saturated carbocycles. The molecule has 4 heteroatoms. The Morgan fingerprint density at radius 1 is 0.960 bits per heavy atom. The maximum atomic E-state index is 12.2. The van der Waals surface area contributed by atoms with Crippen molar-refractivity contribution in [3.05, 3.63) is 77.4 Å². The van der Waals surface area contributed by atoms with Crippen molar-refractivity contribution in [2.24, 2.45) is 0 Å². The molecule has 0 atom stereocenters. The molecule has 0 aliphatic heterocycles. The Morgan fingerprint density at radius 2 is 1.72 bits per heavy atom. The lowest BCUT2D eigenvalue weighted by Gasteiger charge is -2.09.